The number of amides is 4. The monoisotopic (exact) mass is 520 g/mol. The molecular weight excluding hydrogens is 488 g/mol. The van der Waals surface area contributed by atoms with Crippen LogP contribution in [0.25, 0.3) is 0 Å². The highest BCUT2D eigenvalue weighted by Gasteiger charge is 2.39. The summed E-state index contributed by atoms with van der Waals surface area (Å²) >= 11 is 0. The molecule has 1 unspecified atom stereocenters. The Morgan fingerprint density at radius 1 is 1.08 bits per heavy atom. The number of nitrogens with zero attached hydrogens (tertiary/aromatic N) is 2. The lowest BCUT2D eigenvalue weighted by Crippen LogP contribution is -2.52. The number of hydrogen-bond acceptors (Lipinski definition) is 7. The molecule has 2 N–H and O–H groups in total. The lowest BCUT2D eigenvalue weighted by atomic mass is 10.0. The molecule has 10 heteroatoms. The van der Waals surface area contributed by atoms with Gasteiger partial charge in [-0.3, -0.25) is 29.4 Å². The summed E-state index contributed by atoms with van der Waals surface area (Å²) < 4.78 is 11.3. The number of rotatable bonds is 9. The van der Waals surface area contributed by atoms with E-state index >= 15 is 0 Å². The smallest absolute Gasteiger partial charge is 0.255 e. The fraction of sp³-hybridized carbons (Fsp3) is 0.429. The molecule has 0 spiro atoms. The van der Waals surface area contributed by atoms with Gasteiger partial charge in [-0.05, 0) is 41.3 Å². The Balaban J connectivity index is 1.10. The van der Waals surface area contributed by atoms with Crippen molar-refractivity contribution in [1.29, 1.82) is 0 Å². The van der Waals surface area contributed by atoms with Crippen molar-refractivity contribution in [3.63, 3.8) is 0 Å². The standard InChI is InChI=1S/C28H32N4O6/c33-25-7-6-24(27(35)30-25)32-18-21-14-20(4-5-23(21)28(32)36)17-29-26(34)16-19-2-1-3-22(15-19)38-13-10-31-8-11-37-12-9-31/h1-5,14-15,24H,6-13,16-18H2,(H,29,34)(H,30,33,35). The second-order valence-electron chi connectivity index (χ2n) is 9.79. The maximum absolute atomic E-state index is 12.9. The molecule has 38 heavy (non-hydrogen) atoms. The molecule has 200 valence electrons. The quantitative estimate of drug-likeness (QED) is 0.474. The van der Waals surface area contributed by atoms with Crippen LogP contribution in [-0.2, 0) is 38.6 Å². The second-order valence-corrected chi connectivity index (χ2v) is 9.79. The maximum Gasteiger partial charge on any atom is 0.255 e. The molecule has 0 saturated carbocycles. The van der Waals surface area contributed by atoms with Gasteiger partial charge in [-0.25, -0.2) is 0 Å². The van der Waals surface area contributed by atoms with Crippen molar-refractivity contribution in [3.8, 4) is 5.75 Å². The van der Waals surface area contributed by atoms with E-state index in [-0.39, 0.29) is 30.6 Å². The normalized spacial score (nSPS) is 19.7. The van der Waals surface area contributed by atoms with Crippen molar-refractivity contribution in [2.45, 2.75) is 38.4 Å². The summed E-state index contributed by atoms with van der Waals surface area (Å²) in [7, 11) is 0. The number of morpholine rings is 1. The number of imide groups is 1. The minimum Gasteiger partial charge on any atom is -0.492 e. The zero-order chi connectivity index (χ0) is 26.5. The van der Waals surface area contributed by atoms with Gasteiger partial charge in [0.1, 0.15) is 18.4 Å². The van der Waals surface area contributed by atoms with Crippen LogP contribution in [0.5, 0.6) is 5.75 Å². The van der Waals surface area contributed by atoms with Crippen LogP contribution in [0.4, 0.5) is 0 Å². The van der Waals surface area contributed by atoms with Crippen LogP contribution < -0.4 is 15.4 Å². The molecule has 3 heterocycles. The van der Waals surface area contributed by atoms with Crippen LogP contribution in [-0.4, -0.2) is 78.9 Å². The van der Waals surface area contributed by atoms with Gasteiger partial charge in [0.15, 0.2) is 0 Å². The highest BCUT2D eigenvalue weighted by atomic mass is 16.5. The average Bonchev–Trinajstić information content (AvgIpc) is 3.23. The third kappa shape index (κ3) is 6.20. The molecule has 2 fully saturated rings. The van der Waals surface area contributed by atoms with E-state index in [0.717, 1.165) is 55.3 Å². The molecule has 0 aromatic heterocycles. The summed E-state index contributed by atoms with van der Waals surface area (Å²) in [5, 5.41) is 5.25. The molecule has 2 aromatic carbocycles. The van der Waals surface area contributed by atoms with Crippen LogP contribution >= 0.6 is 0 Å². The third-order valence-electron chi connectivity index (χ3n) is 7.12. The summed E-state index contributed by atoms with van der Waals surface area (Å²) in [6.45, 7) is 5.41. The average molecular weight is 521 g/mol. The molecule has 10 nitrogen and oxygen atoms in total. The summed E-state index contributed by atoms with van der Waals surface area (Å²) in [6, 6.07) is 12.4. The number of nitrogens with one attached hydrogen (secondary N) is 2. The molecule has 5 rings (SSSR count). The molecule has 2 aromatic rings. The molecule has 0 aliphatic carbocycles. The summed E-state index contributed by atoms with van der Waals surface area (Å²) in [5.41, 5.74) is 3.10. The summed E-state index contributed by atoms with van der Waals surface area (Å²) in [4.78, 5) is 53.0. The van der Waals surface area contributed by atoms with Crippen molar-refractivity contribution in [2.24, 2.45) is 0 Å². The topological polar surface area (TPSA) is 117 Å². The summed E-state index contributed by atoms with van der Waals surface area (Å²) in [6.07, 6.45) is 0.776. The third-order valence-corrected chi connectivity index (χ3v) is 7.12. The number of fused-ring (bicyclic) bond motifs is 1. The zero-order valence-electron chi connectivity index (χ0n) is 21.2. The number of ether oxygens (including phenoxy) is 2. The molecule has 3 aliphatic rings. The Labute approximate surface area is 221 Å². The first kappa shape index (κ1) is 25.9. The lowest BCUT2D eigenvalue weighted by molar-refractivity contribution is -0.137. The Morgan fingerprint density at radius 2 is 1.92 bits per heavy atom. The van der Waals surface area contributed by atoms with Gasteiger partial charge in [0, 0.05) is 44.7 Å². The van der Waals surface area contributed by atoms with Gasteiger partial charge >= 0.3 is 0 Å². The number of carbonyl (C=O) groups is 4. The maximum atomic E-state index is 12.9. The fourth-order valence-corrected chi connectivity index (χ4v) is 5.05. The van der Waals surface area contributed by atoms with Crippen molar-refractivity contribution in [2.75, 3.05) is 39.5 Å². The highest BCUT2D eigenvalue weighted by molar-refractivity contribution is 6.05. The van der Waals surface area contributed by atoms with Gasteiger partial charge in [0.05, 0.1) is 19.6 Å². The first-order valence-corrected chi connectivity index (χ1v) is 13.0. The van der Waals surface area contributed by atoms with Crippen LogP contribution in [0.1, 0.15) is 39.9 Å². The first-order valence-electron chi connectivity index (χ1n) is 13.0. The van der Waals surface area contributed by atoms with Crippen LogP contribution in [0.2, 0.25) is 0 Å². The molecule has 4 amide bonds. The van der Waals surface area contributed by atoms with E-state index < -0.39 is 11.9 Å². The molecule has 0 radical (unpaired) electrons. The molecule has 2 saturated heterocycles. The molecule has 0 bridgehead atoms. The predicted molar refractivity (Wildman–Crippen MR) is 137 cm³/mol. The Bertz CT molecular complexity index is 1230. The van der Waals surface area contributed by atoms with Crippen molar-refractivity contribution >= 4 is 23.6 Å². The summed E-state index contributed by atoms with van der Waals surface area (Å²) in [5.74, 6) is -0.320. The van der Waals surface area contributed by atoms with Gasteiger partial charge in [0.25, 0.3) is 5.91 Å². The lowest BCUT2D eigenvalue weighted by Gasteiger charge is -2.29. The van der Waals surface area contributed by atoms with Gasteiger partial charge < -0.3 is 19.7 Å². The van der Waals surface area contributed by atoms with Crippen LogP contribution in [0.15, 0.2) is 42.5 Å². The van der Waals surface area contributed by atoms with E-state index in [2.05, 4.69) is 15.5 Å². The predicted octanol–water partition coefficient (Wildman–Crippen LogP) is 1.02. The largest absolute Gasteiger partial charge is 0.492 e. The number of benzene rings is 2. The van der Waals surface area contributed by atoms with Crippen molar-refractivity contribution in [3.05, 3.63) is 64.7 Å². The minimum absolute atomic E-state index is 0.114. The number of hydrogen-bond donors (Lipinski definition) is 2. The van der Waals surface area contributed by atoms with E-state index in [0.29, 0.717) is 31.7 Å². The fourth-order valence-electron chi connectivity index (χ4n) is 5.05. The van der Waals surface area contributed by atoms with Gasteiger partial charge in [0.2, 0.25) is 17.7 Å². The minimum atomic E-state index is -0.644. The van der Waals surface area contributed by atoms with E-state index in [1.807, 2.05) is 36.4 Å². The Morgan fingerprint density at radius 3 is 2.74 bits per heavy atom. The number of carbonyl (C=O) groups excluding carboxylic acids is 4. The molecule has 1 atom stereocenters. The van der Waals surface area contributed by atoms with Crippen LogP contribution in [0, 0.1) is 0 Å². The molecule has 3 aliphatic heterocycles. The van der Waals surface area contributed by atoms with Gasteiger partial charge in [-0.2, -0.15) is 0 Å². The van der Waals surface area contributed by atoms with E-state index in [1.54, 1.807) is 6.07 Å². The Kier molecular flexibility index (Phi) is 8.00. The van der Waals surface area contributed by atoms with Crippen molar-refractivity contribution < 1.29 is 28.7 Å². The van der Waals surface area contributed by atoms with E-state index in [9.17, 15) is 19.2 Å². The highest BCUT2D eigenvalue weighted by Crippen LogP contribution is 2.28. The van der Waals surface area contributed by atoms with E-state index in [4.69, 9.17) is 9.47 Å². The van der Waals surface area contributed by atoms with Gasteiger partial charge in [-0.1, -0.05) is 24.3 Å². The van der Waals surface area contributed by atoms with E-state index in [1.165, 1.54) is 4.90 Å². The SMILES string of the molecule is O=C(Cc1cccc(OCCN2CCOCC2)c1)NCc1ccc2c(c1)CN(C1CCC(=O)NC1=O)C2=O. The Hall–Kier alpha value is -3.76. The second kappa shape index (κ2) is 11.7. The van der Waals surface area contributed by atoms with Gasteiger partial charge in [-0.15, -0.1) is 0 Å². The number of piperidine rings is 1. The zero-order valence-corrected chi connectivity index (χ0v) is 21.2. The first-order chi connectivity index (χ1) is 18.5. The van der Waals surface area contributed by atoms with Crippen LogP contribution in [0.3, 0.4) is 0 Å². The molecular formula is C28H32N4O6. The van der Waals surface area contributed by atoms with Crippen molar-refractivity contribution in [1.82, 2.24) is 20.4 Å².